The zero-order valence-electron chi connectivity index (χ0n) is 11.1. The van der Waals surface area contributed by atoms with E-state index in [0.717, 1.165) is 44.4 Å². The van der Waals surface area contributed by atoms with Crippen molar-refractivity contribution in [2.75, 3.05) is 26.3 Å². The van der Waals surface area contributed by atoms with Gasteiger partial charge in [-0.1, -0.05) is 26.7 Å². The summed E-state index contributed by atoms with van der Waals surface area (Å²) in [7, 11) is 0. The van der Waals surface area contributed by atoms with Gasteiger partial charge in [0.2, 0.25) is 0 Å². The standard InChI is InChI=1S/C14H29NO/c1-3-9-16-10-5-8-15-12-14-7-4-6-13(2)11-14/h13-15H,3-12H2,1-2H3. The summed E-state index contributed by atoms with van der Waals surface area (Å²) in [4.78, 5) is 0. The number of hydrogen-bond acceptors (Lipinski definition) is 2. The van der Waals surface area contributed by atoms with Gasteiger partial charge in [0, 0.05) is 13.2 Å². The van der Waals surface area contributed by atoms with Crippen LogP contribution in [0.25, 0.3) is 0 Å². The quantitative estimate of drug-likeness (QED) is 0.643. The van der Waals surface area contributed by atoms with E-state index in [2.05, 4.69) is 19.2 Å². The van der Waals surface area contributed by atoms with Crippen LogP contribution in [0.4, 0.5) is 0 Å². The fourth-order valence-corrected chi connectivity index (χ4v) is 2.60. The van der Waals surface area contributed by atoms with E-state index < -0.39 is 0 Å². The van der Waals surface area contributed by atoms with Gasteiger partial charge in [-0.05, 0) is 50.6 Å². The van der Waals surface area contributed by atoms with Gasteiger partial charge in [0.05, 0.1) is 0 Å². The molecule has 0 aromatic carbocycles. The Morgan fingerprint density at radius 3 is 2.88 bits per heavy atom. The second kappa shape index (κ2) is 9.00. The Morgan fingerprint density at radius 2 is 2.12 bits per heavy atom. The summed E-state index contributed by atoms with van der Waals surface area (Å²) in [6.45, 7) is 8.72. The molecule has 1 rings (SSSR count). The number of rotatable bonds is 8. The van der Waals surface area contributed by atoms with Crippen molar-refractivity contribution in [2.24, 2.45) is 11.8 Å². The lowest BCUT2D eigenvalue weighted by molar-refractivity contribution is 0.131. The average molecular weight is 227 g/mol. The molecule has 16 heavy (non-hydrogen) atoms. The number of nitrogens with one attached hydrogen (secondary N) is 1. The van der Waals surface area contributed by atoms with Crippen molar-refractivity contribution >= 4 is 0 Å². The third-order valence-electron chi connectivity index (χ3n) is 3.47. The van der Waals surface area contributed by atoms with Crippen molar-refractivity contribution in [1.82, 2.24) is 5.32 Å². The summed E-state index contributed by atoms with van der Waals surface area (Å²) in [6.07, 6.45) is 8.03. The van der Waals surface area contributed by atoms with Crippen molar-refractivity contribution in [2.45, 2.75) is 52.4 Å². The molecule has 1 aliphatic rings. The van der Waals surface area contributed by atoms with Crippen molar-refractivity contribution in [3.8, 4) is 0 Å². The van der Waals surface area contributed by atoms with Gasteiger partial charge in [-0.2, -0.15) is 0 Å². The lowest BCUT2D eigenvalue weighted by Gasteiger charge is -2.26. The average Bonchev–Trinajstić information content (AvgIpc) is 2.28. The second-order valence-corrected chi connectivity index (χ2v) is 5.31. The Hall–Kier alpha value is -0.0800. The van der Waals surface area contributed by atoms with Gasteiger partial charge in [0.15, 0.2) is 0 Å². The Balaban J connectivity index is 1.86. The van der Waals surface area contributed by atoms with Crippen LogP contribution in [0.15, 0.2) is 0 Å². The van der Waals surface area contributed by atoms with Crippen LogP contribution in [0, 0.1) is 11.8 Å². The van der Waals surface area contributed by atoms with Gasteiger partial charge < -0.3 is 10.1 Å². The van der Waals surface area contributed by atoms with Crippen molar-refractivity contribution in [3.63, 3.8) is 0 Å². The molecule has 0 heterocycles. The first-order valence-corrected chi connectivity index (χ1v) is 7.11. The zero-order valence-corrected chi connectivity index (χ0v) is 11.1. The van der Waals surface area contributed by atoms with Crippen LogP contribution < -0.4 is 5.32 Å². The monoisotopic (exact) mass is 227 g/mol. The summed E-state index contributed by atoms with van der Waals surface area (Å²) in [5, 5.41) is 3.57. The van der Waals surface area contributed by atoms with Crippen molar-refractivity contribution < 1.29 is 4.74 Å². The molecule has 0 spiro atoms. The molecule has 2 atom stereocenters. The largest absolute Gasteiger partial charge is 0.381 e. The van der Waals surface area contributed by atoms with E-state index in [0.29, 0.717) is 0 Å². The third kappa shape index (κ3) is 6.49. The molecule has 2 unspecified atom stereocenters. The van der Waals surface area contributed by atoms with E-state index in [1.807, 2.05) is 0 Å². The van der Waals surface area contributed by atoms with E-state index in [1.54, 1.807) is 0 Å². The van der Waals surface area contributed by atoms with Crippen LogP contribution in [0.2, 0.25) is 0 Å². The molecular weight excluding hydrogens is 198 g/mol. The highest BCUT2D eigenvalue weighted by molar-refractivity contribution is 4.72. The van der Waals surface area contributed by atoms with E-state index in [1.165, 1.54) is 32.2 Å². The molecule has 0 aromatic heterocycles. The van der Waals surface area contributed by atoms with Crippen LogP contribution >= 0.6 is 0 Å². The fraction of sp³-hybridized carbons (Fsp3) is 1.00. The first kappa shape index (κ1) is 14.0. The first-order chi connectivity index (χ1) is 7.83. The highest BCUT2D eigenvalue weighted by atomic mass is 16.5. The summed E-state index contributed by atoms with van der Waals surface area (Å²) < 4.78 is 5.45. The molecule has 1 N–H and O–H groups in total. The smallest absolute Gasteiger partial charge is 0.0478 e. The van der Waals surface area contributed by atoms with Crippen molar-refractivity contribution in [1.29, 1.82) is 0 Å². The predicted molar refractivity (Wildman–Crippen MR) is 69.7 cm³/mol. The lowest BCUT2D eigenvalue weighted by Crippen LogP contribution is -2.27. The van der Waals surface area contributed by atoms with Crippen LogP contribution in [0.1, 0.15) is 52.4 Å². The normalized spacial score (nSPS) is 25.9. The van der Waals surface area contributed by atoms with E-state index >= 15 is 0 Å². The predicted octanol–water partition coefficient (Wildman–Crippen LogP) is 3.22. The van der Waals surface area contributed by atoms with Crippen LogP contribution in [0.3, 0.4) is 0 Å². The van der Waals surface area contributed by atoms with E-state index in [4.69, 9.17) is 4.74 Å². The molecule has 1 saturated carbocycles. The summed E-state index contributed by atoms with van der Waals surface area (Å²) in [6, 6.07) is 0. The minimum atomic E-state index is 0.917. The molecule has 0 bridgehead atoms. The molecule has 1 aliphatic carbocycles. The second-order valence-electron chi connectivity index (χ2n) is 5.31. The zero-order chi connectivity index (χ0) is 11.6. The van der Waals surface area contributed by atoms with Crippen LogP contribution in [-0.4, -0.2) is 26.3 Å². The van der Waals surface area contributed by atoms with E-state index in [-0.39, 0.29) is 0 Å². The summed E-state index contributed by atoms with van der Waals surface area (Å²) in [5.74, 6) is 1.88. The molecule has 96 valence electrons. The molecule has 0 aromatic rings. The molecule has 1 fully saturated rings. The summed E-state index contributed by atoms with van der Waals surface area (Å²) in [5.41, 5.74) is 0. The van der Waals surface area contributed by atoms with E-state index in [9.17, 15) is 0 Å². The molecule has 0 amide bonds. The lowest BCUT2D eigenvalue weighted by atomic mass is 9.82. The molecule has 2 heteroatoms. The molecular formula is C14H29NO. The topological polar surface area (TPSA) is 21.3 Å². The molecule has 0 aliphatic heterocycles. The number of ether oxygens (including phenoxy) is 1. The van der Waals surface area contributed by atoms with Gasteiger partial charge in [0.25, 0.3) is 0 Å². The minimum Gasteiger partial charge on any atom is -0.381 e. The van der Waals surface area contributed by atoms with Gasteiger partial charge in [-0.15, -0.1) is 0 Å². The molecule has 0 saturated heterocycles. The molecule has 2 nitrogen and oxygen atoms in total. The Labute approximate surface area is 101 Å². The Morgan fingerprint density at radius 1 is 1.25 bits per heavy atom. The Bertz CT molecular complexity index is 161. The third-order valence-corrected chi connectivity index (χ3v) is 3.47. The minimum absolute atomic E-state index is 0.917. The molecule has 0 radical (unpaired) electrons. The highest BCUT2D eigenvalue weighted by Crippen LogP contribution is 2.27. The van der Waals surface area contributed by atoms with Gasteiger partial charge in [-0.25, -0.2) is 0 Å². The SMILES string of the molecule is CCCOCCCNCC1CCCC(C)C1. The van der Waals surface area contributed by atoms with Gasteiger partial charge in [0.1, 0.15) is 0 Å². The maximum atomic E-state index is 5.45. The summed E-state index contributed by atoms with van der Waals surface area (Å²) >= 11 is 0. The van der Waals surface area contributed by atoms with Gasteiger partial charge >= 0.3 is 0 Å². The fourth-order valence-electron chi connectivity index (χ4n) is 2.60. The van der Waals surface area contributed by atoms with Crippen LogP contribution in [-0.2, 0) is 4.74 Å². The van der Waals surface area contributed by atoms with Crippen LogP contribution in [0.5, 0.6) is 0 Å². The Kier molecular flexibility index (Phi) is 7.87. The maximum absolute atomic E-state index is 5.45. The number of hydrogen-bond donors (Lipinski definition) is 1. The van der Waals surface area contributed by atoms with Gasteiger partial charge in [-0.3, -0.25) is 0 Å². The first-order valence-electron chi connectivity index (χ1n) is 7.11. The van der Waals surface area contributed by atoms with Crippen molar-refractivity contribution in [3.05, 3.63) is 0 Å². The highest BCUT2D eigenvalue weighted by Gasteiger charge is 2.17. The maximum Gasteiger partial charge on any atom is 0.0478 e.